The minimum atomic E-state index is 0.0457. The summed E-state index contributed by atoms with van der Waals surface area (Å²) in [6, 6.07) is 9.82. The minimum absolute atomic E-state index is 0.0457. The molecular weight excluding hydrogens is 258 g/mol. The number of hydrogen-bond acceptors (Lipinski definition) is 5. The molecule has 5 heteroatoms. The molecule has 1 unspecified atom stereocenters. The first-order chi connectivity index (χ1) is 9.36. The Hall–Kier alpha value is -1.90. The van der Waals surface area contributed by atoms with Gasteiger partial charge in [-0.1, -0.05) is 0 Å². The van der Waals surface area contributed by atoms with Crippen LogP contribution in [0.2, 0.25) is 0 Å². The lowest BCUT2D eigenvalue weighted by atomic mass is 10.2. The van der Waals surface area contributed by atoms with Gasteiger partial charge in [0, 0.05) is 23.8 Å². The summed E-state index contributed by atoms with van der Waals surface area (Å²) in [6.07, 6.45) is 1.86. The number of nitriles is 1. The summed E-state index contributed by atoms with van der Waals surface area (Å²) in [6.45, 7) is 2.37. The second-order valence-corrected chi connectivity index (χ2v) is 5.26. The zero-order valence-corrected chi connectivity index (χ0v) is 11.1. The number of ether oxygens (including phenoxy) is 1. The lowest BCUT2D eigenvalue weighted by molar-refractivity contribution is 0.0396. The normalized spacial score (nSPS) is 19.1. The van der Waals surface area contributed by atoms with Crippen LogP contribution in [-0.4, -0.2) is 24.7 Å². The number of thiazole rings is 1. The molecule has 1 fully saturated rings. The van der Waals surface area contributed by atoms with Gasteiger partial charge in [-0.05, 0) is 24.3 Å². The standard InChI is InChI=1S/C14H13N3OS/c15-9-11-1-3-12(4-2-11)17-6-7-18-13(10-17)14-16-5-8-19-14/h1-5,8,13H,6-7,10H2. The Morgan fingerprint density at radius 2 is 2.21 bits per heavy atom. The van der Waals surface area contributed by atoms with E-state index < -0.39 is 0 Å². The minimum Gasteiger partial charge on any atom is -0.367 e. The first kappa shape index (κ1) is 12.2. The van der Waals surface area contributed by atoms with Crippen molar-refractivity contribution in [1.82, 2.24) is 4.98 Å². The van der Waals surface area contributed by atoms with Gasteiger partial charge in [-0.2, -0.15) is 5.26 Å². The van der Waals surface area contributed by atoms with Crippen LogP contribution in [0, 0.1) is 11.3 Å². The summed E-state index contributed by atoms with van der Waals surface area (Å²) in [5.74, 6) is 0. The largest absolute Gasteiger partial charge is 0.367 e. The zero-order valence-electron chi connectivity index (χ0n) is 10.3. The van der Waals surface area contributed by atoms with E-state index in [1.54, 1.807) is 11.3 Å². The highest BCUT2D eigenvalue weighted by atomic mass is 32.1. The predicted molar refractivity (Wildman–Crippen MR) is 74.2 cm³/mol. The molecule has 96 valence electrons. The molecule has 1 aliphatic heterocycles. The van der Waals surface area contributed by atoms with Crippen LogP contribution in [-0.2, 0) is 4.74 Å². The second kappa shape index (κ2) is 5.39. The predicted octanol–water partition coefficient (Wildman–Crippen LogP) is 2.59. The van der Waals surface area contributed by atoms with Crippen molar-refractivity contribution in [2.24, 2.45) is 0 Å². The van der Waals surface area contributed by atoms with Gasteiger partial charge < -0.3 is 9.64 Å². The van der Waals surface area contributed by atoms with Gasteiger partial charge in [0.05, 0.1) is 24.8 Å². The third kappa shape index (κ3) is 2.60. The molecule has 0 aliphatic carbocycles. The van der Waals surface area contributed by atoms with Crippen molar-refractivity contribution >= 4 is 17.0 Å². The number of aromatic nitrogens is 1. The smallest absolute Gasteiger partial charge is 0.126 e. The molecule has 4 nitrogen and oxygen atoms in total. The van der Waals surface area contributed by atoms with Crippen LogP contribution in [0.1, 0.15) is 16.7 Å². The van der Waals surface area contributed by atoms with Crippen molar-refractivity contribution in [3.63, 3.8) is 0 Å². The van der Waals surface area contributed by atoms with Crippen LogP contribution < -0.4 is 4.90 Å². The molecule has 1 saturated heterocycles. The quantitative estimate of drug-likeness (QED) is 0.842. The Balaban J connectivity index is 1.76. The van der Waals surface area contributed by atoms with Crippen molar-refractivity contribution in [2.75, 3.05) is 24.6 Å². The first-order valence-corrected chi connectivity index (χ1v) is 7.01. The van der Waals surface area contributed by atoms with E-state index in [4.69, 9.17) is 10.00 Å². The Labute approximate surface area is 115 Å². The monoisotopic (exact) mass is 271 g/mol. The molecule has 1 aliphatic rings. The van der Waals surface area contributed by atoms with Gasteiger partial charge in [0.1, 0.15) is 11.1 Å². The second-order valence-electron chi connectivity index (χ2n) is 4.33. The fourth-order valence-corrected chi connectivity index (χ4v) is 2.85. The van der Waals surface area contributed by atoms with E-state index in [0.717, 1.165) is 23.8 Å². The zero-order chi connectivity index (χ0) is 13.1. The van der Waals surface area contributed by atoms with E-state index >= 15 is 0 Å². The van der Waals surface area contributed by atoms with E-state index in [1.165, 1.54) is 0 Å². The molecule has 0 spiro atoms. The van der Waals surface area contributed by atoms with E-state index in [0.29, 0.717) is 12.2 Å². The number of morpholine rings is 1. The molecule has 1 aromatic heterocycles. The highest BCUT2D eigenvalue weighted by Crippen LogP contribution is 2.27. The summed E-state index contributed by atoms with van der Waals surface area (Å²) in [7, 11) is 0. The summed E-state index contributed by atoms with van der Waals surface area (Å²) in [4.78, 5) is 6.59. The van der Waals surface area contributed by atoms with Gasteiger partial charge in [0.25, 0.3) is 0 Å². The lowest BCUT2D eigenvalue weighted by Gasteiger charge is -2.33. The molecule has 0 radical (unpaired) electrons. The van der Waals surface area contributed by atoms with Crippen LogP contribution in [0.4, 0.5) is 5.69 Å². The number of rotatable bonds is 2. The van der Waals surface area contributed by atoms with Gasteiger partial charge in [-0.3, -0.25) is 0 Å². The fraction of sp³-hybridized carbons (Fsp3) is 0.286. The molecule has 1 atom stereocenters. The number of hydrogen-bond donors (Lipinski definition) is 0. The van der Waals surface area contributed by atoms with Gasteiger partial charge >= 0.3 is 0 Å². The lowest BCUT2D eigenvalue weighted by Crippen LogP contribution is -2.38. The molecule has 0 bridgehead atoms. The SMILES string of the molecule is N#Cc1ccc(N2CCOC(c3nccs3)C2)cc1. The molecule has 3 rings (SSSR count). The molecule has 2 aromatic rings. The third-order valence-electron chi connectivity index (χ3n) is 3.15. The average Bonchev–Trinajstić information content (AvgIpc) is 3.02. The summed E-state index contributed by atoms with van der Waals surface area (Å²) in [5, 5.41) is 11.8. The maximum Gasteiger partial charge on any atom is 0.126 e. The van der Waals surface area contributed by atoms with Crippen LogP contribution in [0.5, 0.6) is 0 Å². The van der Waals surface area contributed by atoms with Crippen molar-refractivity contribution in [3.05, 3.63) is 46.4 Å². The molecule has 19 heavy (non-hydrogen) atoms. The summed E-state index contributed by atoms with van der Waals surface area (Å²) in [5.41, 5.74) is 1.82. The number of anilines is 1. The molecule has 0 N–H and O–H groups in total. The Morgan fingerprint density at radius 1 is 1.37 bits per heavy atom. The molecule has 1 aromatic carbocycles. The van der Waals surface area contributed by atoms with Crippen molar-refractivity contribution in [1.29, 1.82) is 5.26 Å². The molecule has 2 heterocycles. The van der Waals surface area contributed by atoms with Crippen LogP contribution in [0.25, 0.3) is 0 Å². The first-order valence-electron chi connectivity index (χ1n) is 6.13. The molecule has 0 amide bonds. The molecule has 0 saturated carbocycles. The van der Waals surface area contributed by atoms with Gasteiger partial charge in [-0.15, -0.1) is 11.3 Å². The maximum atomic E-state index is 8.82. The average molecular weight is 271 g/mol. The summed E-state index contributed by atoms with van der Waals surface area (Å²) < 4.78 is 5.77. The van der Waals surface area contributed by atoms with Crippen LogP contribution >= 0.6 is 11.3 Å². The molecular formula is C14H13N3OS. The Bertz CT molecular complexity index is 574. The Morgan fingerprint density at radius 3 is 2.89 bits per heavy atom. The fourth-order valence-electron chi connectivity index (χ4n) is 2.17. The number of nitrogens with zero attached hydrogens (tertiary/aromatic N) is 3. The van der Waals surface area contributed by atoms with E-state index in [1.807, 2.05) is 35.8 Å². The van der Waals surface area contributed by atoms with E-state index in [9.17, 15) is 0 Å². The highest BCUT2D eigenvalue weighted by Gasteiger charge is 2.23. The van der Waals surface area contributed by atoms with Crippen LogP contribution in [0.3, 0.4) is 0 Å². The Kier molecular flexibility index (Phi) is 3.45. The topological polar surface area (TPSA) is 49.2 Å². The maximum absolute atomic E-state index is 8.82. The van der Waals surface area contributed by atoms with E-state index in [-0.39, 0.29) is 6.10 Å². The van der Waals surface area contributed by atoms with Gasteiger partial charge in [0.15, 0.2) is 0 Å². The van der Waals surface area contributed by atoms with E-state index in [2.05, 4.69) is 16.0 Å². The van der Waals surface area contributed by atoms with Gasteiger partial charge in [-0.25, -0.2) is 4.98 Å². The van der Waals surface area contributed by atoms with Crippen molar-refractivity contribution < 1.29 is 4.74 Å². The van der Waals surface area contributed by atoms with Gasteiger partial charge in [0.2, 0.25) is 0 Å². The van der Waals surface area contributed by atoms with Crippen LogP contribution in [0.15, 0.2) is 35.8 Å². The van der Waals surface area contributed by atoms with Crippen molar-refractivity contribution in [2.45, 2.75) is 6.10 Å². The number of benzene rings is 1. The highest BCUT2D eigenvalue weighted by molar-refractivity contribution is 7.09. The van der Waals surface area contributed by atoms with Crippen molar-refractivity contribution in [3.8, 4) is 6.07 Å². The summed E-state index contributed by atoms with van der Waals surface area (Å²) >= 11 is 1.63. The third-order valence-corrected chi connectivity index (χ3v) is 4.02.